The fourth-order valence-electron chi connectivity index (χ4n) is 3.18. The second kappa shape index (κ2) is 9.92. The van der Waals surface area contributed by atoms with Crippen LogP contribution in [-0.2, 0) is 14.8 Å². The van der Waals surface area contributed by atoms with Crippen LogP contribution in [0.15, 0.2) is 58.2 Å². The molecule has 0 radical (unpaired) electrons. The monoisotopic (exact) mass is 474 g/mol. The van der Waals surface area contributed by atoms with Crippen molar-refractivity contribution in [1.82, 2.24) is 14.3 Å². The minimum atomic E-state index is -4.21. The van der Waals surface area contributed by atoms with E-state index in [2.05, 4.69) is 15.3 Å². The van der Waals surface area contributed by atoms with Gasteiger partial charge in [-0.3, -0.25) is 9.59 Å². The van der Waals surface area contributed by atoms with Gasteiger partial charge in [-0.2, -0.15) is 4.31 Å². The number of benzene rings is 2. The molecular formula is C22H23FN4O5S. The summed E-state index contributed by atoms with van der Waals surface area (Å²) in [7, 11) is -2.93. The number of hydrogen-bond donors (Lipinski definition) is 2. The summed E-state index contributed by atoms with van der Waals surface area (Å²) in [6.07, 6.45) is 0. The number of rotatable bonds is 8. The summed E-state index contributed by atoms with van der Waals surface area (Å²) < 4.78 is 45.8. The van der Waals surface area contributed by atoms with Crippen molar-refractivity contribution in [2.75, 3.05) is 25.5 Å². The van der Waals surface area contributed by atoms with Crippen LogP contribution in [0.1, 0.15) is 12.6 Å². The fourth-order valence-corrected chi connectivity index (χ4v) is 4.75. The molecule has 0 aliphatic rings. The zero-order valence-electron chi connectivity index (χ0n) is 18.3. The highest BCUT2D eigenvalue weighted by Gasteiger charge is 2.29. The summed E-state index contributed by atoms with van der Waals surface area (Å²) in [5, 5.41) is 2.64. The Morgan fingerprint density at radius 1 is 1.21 bits per heavy atom. The van der Waals surface area contributed by atoms with Crippen molar-refractivity contribution in [3.8, 4) is 17.1 Å². The number of H-pyrrole nitrogens is 1. The van der Waals surface area contributed by atoms with E-state index in [1.807, 2.05) is 0 Å². The number of likely N-dealkylation sites (N-methyl/N-ethyl adjacent to an activating group) is 1. The molecule has 0 unspecified atom stereocenters. The molecule has 3 rings (SSSR count). The predicted molar refractivity (Wildman–Crippen MR) is 121 cm³/mol. The van der Waals surface area contributed by atoms with Crippen molar-refractivity contribution >= 4 is 21.6 Å². The summed E-state index contributed by atoms with van der Waals surface area (Å²) in [5.41, 5.74) is 1.19. The van der Waals surface area contributed by atoms with Gasteiger partial charge >= 0.3 is 0 Å². The van der Waals surface area contributed by atoms with Gasteiger partial charge in [0.05, 0.1) is 13.7 Å². The number of ether oxygens (including phenoxy) is 1. The van der Waals surface area contributed by atoms with Crippen molar-refractivity contribution in [3.63, 3.8) is 0 Å². The molecule has 0 saturated heterocycles. The molecular weight excluding hydrogens is 451 g/mol. The van der Waals surface area contributed by atoms with Crippen molar-refractivity contribution in [3.05, 3.63) is 70.4 Å². The minimum absolute atomic E-state index is 0.0239. The quantitative estimate of drug-likeness (QED) is 0.518. The third-order valence-corrected chi connectivity index (χ3v) is 6.65. The molecule has 0 fully saturated rings. The maximum Gasteiger partial charge on any atom is 0.251 e. The molecule has 174 valence electrons. The Kier molecular flexibility index (Phi) is 7.24. The lowest BCUT2D eigenvalue weighted by molar-refractivity contribution is -0.116. The van der Waals surface area contributed by atoms with E-state index < -0.39 is 28.3 Å². The van der Waals surface area contributed by atoms with Gasteiger partial charge in [0.2, 0.25) is 15.9 Å². The lowest BCUT2D eigenvalue weighted by Crippen LogP contribution is -2.38. The normalized spacial score (nSPS) is 11.4. The molecule has 1 aromatic heterocycles. The van der Waals surface area contributed by atoms with E-state index in [0.29, 0.717) is 22.8 Å². The van der Waals surface area contributed by atoms with E-state index in [9.17, 15) is 22.4 Å². The topological polar surface area (TPSA) is 121 Å². The summed E-state index contributed by atoms with van der Waals surface area (Å²) >= 11 is 0. The van der Waals surface area contributed by atoms with Crippen molar-refractivity contribution in [1.29, 1.82) is 0 Å². The van der Waals surface area contributed by atoms with Gasteiger partial charge < -0.3 is 15.0 Å². The number of halogens is 1. The van der Waals surface area contributed by atoms with Gasteiger partial charge in [0.1, 0.15) is 22.3 Å². The highest BCUT2D eigenvalue weighted by Crippen LogP contribution is 2.27. The number of sulfonamides is 1. The van der Waals surface area contributed by atoms with Gasteiger partial charge in [-0.15, -0.1) is 0 Å². The number of nitrogens with one attached hydrogen (secondary N) is 2. The molecule has 0 bridgehead atoms. The number of carbonyl (C=O) groups excluding carboxylic acids is 1. The third kappa shape index (κ3) is 5.62. The largest absolute Gasteiger partial charge is 0.495 e. The van der Waals surface area contributed by atoms with Crippen LogP contribution in [0.2, 0.25) is 0 Å². The number of aryl methyl sites for hydroxylation is 1. The van der Waals surface area contributed by atoms with Gasteiger partial charge in [0, 0.05) is 29.6 Å². The predicted octanol–water partition coefficient (Wildman–Crippen LogP) is 2.54. The molecule has 9 nitrogen and oxygen atoms in total. The fraction of sp³-hybridized carbons (Fsp3) is 0.227. The van der Waals surface area contributed by atoms with E-state index in [4.69, 9.17) is 4.74 Å². The highest BCUT2D eigenvalue weighted by atomic mass is 32.2. The third-order valence-electron chi connectivity index (χ3n) is 4.71. The van der Waals surface area contributed by atoms with Crippen LogP contribution in [-0.4, -0.2) is 48.8 Å². The van der Waals surface area contributed by atoms with Crippen LogP contribution < -0.4 is 15.6 Å². The molecule has 0 aliphatic carbocycles. The standard InChI is InChI=1S/C22H23FN4O5S/c1-4-27(33(30,31)19-12-16(23)8-9-18(19)32-3)13-21(29)25-17-7-5-6-15(11-17)22-24-14(2)10-20(28)26-22/h5-12H,4,13H2,1-3H3,(H,25,29)(H,24,26,28). The van der Waals surface area contributed by atoms with E-state index in [1.54, 1.807) is 38.1 Å². The number of nitrogens with zero attached hydrogens (tertiary/aromatic N) is 2. The van der Waals surface area contributed by atoms with E-state index in [1.165, 1.54) is 19.2 Å². The smallest absolute Gasteiger partial charge is 0.251 e. The number of carbonyl (C=O) groups is 1. The molecule has 0 spiro atoms. The van der Waals surface area contributed by atoms with Crippen LogP contribution in [0.4, 0.5) is 10.1 Å². The number of aromatic nitrogens is 2. The Labute approximate surface area is 190 Å². The maximum absolute atomic E-state index is 13.7. The van der Waals surface area contributed by atoms with Crippen molar-refractivity contribution < 1.29 is 22.3 Å². The summed E-state index contributed by atoms with van der Waals surface area (Å²) in [4.78, 5) is 30.9. The first kappa shape index (κ1) is 24.1. The molecule has 11 heteroatoms. The second-order valence-electron chi connectivity index (χ2n) is 7.09. The Balaban J connectivity index is 1.81. The van der Waals surface area contributed by atoms with Gasteiger partial charge in [0.25, 0.3) is 5.56 Å². The molecule has 1 heterocycles. The average Bonchev–Trinajstić information content (AvgIpc) is 2.76. The van der Waals surface area contributed by atoms with Gasteiger partial charge in [0.15, 0.2) is 0 Å². The molecule has 0 atom stereocenters. The Hall–Kier alpha value is -3.57. The Morgan fingerprint density at radius 2 is 1.97 bits per heavy atom. The Morgan fingerprint density at radius 3 is 2.64 bits per heavy atom. The molecule has 2 aromatic carbocycles. The highest BCUT2D eigenvalue weighted by molar-refractivity contribution is 7.89. The summed E-state index contributed by atoms with van der Waals surface area (Å²) in [6.45, 7) is 2.74. The first-order valence-corrected chi connectivity index (χ1v) is 11.4. The average molecular weight is 475 g/mol. The van der Waals surface area contributed by atoms with Crippen LogP contribution >= 0.6 is 0 Å². The second-order valence-corrected chi connectivity index (χ2v) is 9.00. The Bertz CT molecular complexity index is 1340. The van der Waals surface area contributed by atoms with Crippen LogP contribution in [0.3, 0.4) is 0 Å². The van der Waals surface area contributed by atoms with Crippen LogP contribution in [0.25, 0.3) is 11.4 Å². The molecule has 0 aliphatic heterocycles. The molecule has 0 saturated carbocycles. The molecule has 1 amide bonds. The van der Waals surface area contributed by atoms with Crippen molar-refractivity contribution in [2.45, 2.75) is 18.7 Å². The van der Waals surface area contributed by atoms with Crippen LogP contribution in [0.5, 0.6) is 5.75 Å². The number of methoxy groups -OCH3 is 1. The minimum Gasteiger partial charge on any atom is -0.495 e. The number of anilines is 1. The summed E-state index contributed by atoms with van der Waals surface area (Å²) in [5.74, 6) is -1.03. The maximum atomic E-state index is 13.7. The summed E-state index contributed by atoms with van der Waals surface area (Å²) in [6, 6.07) is 11.1. The van der Waals surface area contributed by atoms with Gasteiger partial charge in [-0.25, -0.2) is 17.8 Å². The van der Waals surface area contributed by atoms with E-state index in [0.717, 1.165) is 16.4 Å². The molecule has 3 aromatic rings. The first-order valence-electron chi connectivity index (χ1n) is 9.96. The van der Waals surface area contributed by atoms with Gasteiger partial charge in [-0.1, -0.05) is 19.1 Å². The zero-order chi connectivity index (χ0) is 24.2. The molecule has 2 N–H and O–H groups in total. The SMILES string of the molecule is CCN(CC(=O)Nc1cccc(-c2nc(C)cc(=O)[nH]2)c1)S(=O)(=O)c1cc(F)ccc1OC. The number of aromatic amines is 1. The number of hydrogen-bond acceptors (Lipinski definition) is 6. The number of amides is 1. The van der Waals surface area contributed by atoms with E-state index >= 15 is 0 Å². The lowest BCUT2D eigenvalue weighted by atomic mass is 10.2. The van der Waals surface area contributed by atoms with E-state index in [-0.39, 0.29) is 22.7 Å². The zero-order valence-corrected chi connectivity index (χ0v) is 19.1. The van der Waals surface area contributed by atoms with Crippen molar-refractivity contribution in [2.24, 2.45) is 0 Å². The van der Waals surface area contributed by atoms with Gasteiger partial charge in [-0.05, 0) is 37.3 Å². The lowest BCUT2D eigenvalue weighted by Gasteiger charge is -2.21. The first-order chi connectivity index (χ1) is 15.6. The molecule has 33 heavy (non-hydrogen) atoms. The van der Waals surface area contributed by atoms with Crippen LogP contribution in [0, 0.1) is 12.7 Å².